The molecule has 9 heteroatoms. The summed E-state index contributed by atoms with van der Waals surface area (Å²) in [7, 11) is 0. The largest absolute Gasteiger partial charge is 0.452 e. The van der Waals surface area contributed by atoms with E-state index in [1.807, 2.05) is 48.5 Å². The number of nitrogens with one attached hydrogen (secondary N) is 1. The first-order valence-corrected chi connectivity index (χ1v) is 14.6. The molecular weight excluding hydrogens is 620 g/mol. The van der Waals surface area contributed by atoms with Crippen molar-refractivity contribution >= 4 is 62.6 Å². The van der Waals surface area contributed by atoms with Gasteiger partial charge in [-0.15, -0.1) is 0 Å². The van der Waals surface area contributed by atoms with Crippen molar-refractivity contribution in [2.75, 3.05) is 16.8 Å². The molecule has 208 valence electrons. The molecule has 42 heavy (non-hydrogen) atoms. The molecule has 1 saturated heterocycles. The van der Waals surface area contributed by atoms with Crippen molar-refractivity contribution in [3.05, 3.63) is 128 Å². The number of hydrogen-bond acceptors (Lipinski definition) is 5. The summed E-state index contributed by atoms with van der Waals surface area (Å²) in [4.78, 5) is 55.1. The number of amides is 3. The standard InChI is InChI=1S/C33H22BrClN2O5/c34-23-14-13-17(15-24(23)35)36-26(38)16-42-33(41)22-11-5-6-12-25(22)37-31(39)29-27-18-7-1-2-8-19(18)28(30(29)32(37)40)21-10-4-3-9-20(21)27/h1-15,27-30H,16H2,(H,36,38)/t27?,28?,29-,30-/m0/s1. The van der Waals surface area contributed by atoms with Gasteiger partial charge in [0.25, 0.3) is 5.91 Å². The second-order valence-electron chi connectivity index (χ2n) is 10.5. The second kappa shape index (κ2) is 10.2. The van der Waals surface area contributed by atoms with Gasteiger partial charge in [-0.3, -0.25) is 14.4 Å². The van der Waals surface area contributed by atoms with Gasteiger partial charge in [-0.05, 0) is 68.5 Å². The fourth-order valence-electron chi connectivity index (χ4n) is 6.74. The molecule has 3 aliphatic carbocycles. The molecule has 1 N–H and O–H groups in total. The lowest BCUT2D eigenvalue weighted by Crippen LogP contribution is -2.41. The Morgan fingerprint density at radius 2 is 1.31 bits per heavy atom. The van der Waals surface area contributed by atoms with Gasteiger partial charge < -0.3 is 10.1 Å². The smallest absolute Gasteiger partial charge is 0.340 e. The lowest BCUT2D eigenvalue weighted by atomic mass is 9.55. The van der Waals surface area contributed by atoms with E-state index >= 15 is 0 Å². The van der Waals surface area contributed by atoms with Crippen LogP contribution < -0.4 is 10.2 Å². The second-order valence-corrected chi connectivity index (χ2v) is 11.8. The van der Waals surface area contributed by atoms with E-state index in [0.29, 0.717) is 15.2 Å². The Balaban J connectivity index is 1.17. The highest BCUT2D eigenvalue weighted by molar-refractivity contribution is 9.10. The quantitative estimate of drug-likeness (QED) is 0.204. The van der Waals surface area contributed by atoms with Crippen LogP contribution in [0.25, 0.3) is 0 Å². The molecular formula is C33H22BrClN2O5. The molecule has 2 bridgehead atoms. The Hall–Kier alpha value is -4.27. The van der Waals surface area contributed by atoms with Crippen LogP contribution >= 0.6 is 27.5 Å². The number of carbonyl (C=O) groups is 4. The first-order valence-electron chi connectivity index (χ1n) is 13.4. The highest BCUT2D eigenvalue weighted by Crippen LogP contribution is 2.61. The first kappa shape index (κ1) is 26.6. The summed E-state index contributed by atoms with van der Waals surface area (Å²) < 4.78 is 6.00. The van der Waals surface area contributed by atoms with Crippen LogP contribution in [0.4, 0.5) is 11.4 Å². The predicted molar refractivity (Wildman–Crippen MR) is 161 cm³/mol. The van der Waals surface area contributed by atoms with Gasteiger partial charge in [0.05, 0.1) is 28.1 Å². The van der Waals surface area contributed by atoms with Crippen LogP contribution in [0, 0.1) is 11.8 Å². The molecule has 4 aromatic rings. The molecule has 8 rings (SSSR count). The summed E-state index contributed by atoms with van der Waals surface area (Å²) in [5.74, 6) is -3.75. The normalized spacial score (nSPS) is 21.4. The topological polar surface area (TPSA) is 92.8 Å². The maximum absolute atomic E-state index is 14.1. The fraction of sp³-hybridized carbons (Fsp3) is 0.152. The van der Waals surface area contributed by atoms with Crippen molar-refractivity contribution in [3.8, 4) is 0 Å². The van der Waals surface area contributed by atoms with E-state index < -0.39 is 30.3 Å². The van der Waals surface area contributed by atoms with E-state index in [9.17, 15) is 19.2 Å². The average Bonchev–Trinajstić information content (AvgIpc) is 3.27. The van der Waals surface area contributed by atoms with Gasteiger partial charge in [0, 0.05) is 22.0 Å². The first-order chi connectivity index (χ1) is 20.3. The number of para-hydroxylation sites is 1. The van der Waals surface area contributed by atoms with Crippen molar-refractivity contribution in [1.82, 2.24) is 0 Å². The minimum absolute atomic E-state index is 0.0275. The summed E-state index contributed by atoms with van der Waals surface area (Å²) in [6, 6.07) is 27.2. The zero-order valence-electron chi connectivity index (χ0n) is 21.9. The molecule has 4 aliphatic rings. The SMILES string of the molecule is O=C(COC(=O)c1ccccc1N1C(=O)[C@H]2C3c4ccccc4C(c4ccccc43)[C@@H]2C1=O)Nc1ccc(Br)c(Cl)c1. The van der Waals surface area contributed by atoms with Gasteiger partial charge in [-0.2, -0.15) is 0 Å². The number of rotatable bonds is 5. The van der Waals surface area contributed by atoms with Gasteiger partial charge in [0.15, 0.2) is 6.61 Å². The molecule has 0 radical (unpaired) electrons. The number of anilines is 2. The van der Waals surface area contributed by atoms with Gasteiger partial charge in [-0.1, -0.05) is 72.3 Å². The molecule has 0 aromatic heterocycles. The highest BCUT2D eigenvalue weighted by atomic mass is 79.9. The van der Waals surface area contributed by atoms with Crippen LogP contribution in [-0.4, -0.2) is 30.3 Å². The number of imide groups is 1. The molecule has 0 spiro atoms. The number of benzene rings is 4. The summed E-state index contributed by atoms with van der Waals surface area (Å²) in [6.07, 6.45) is 0. The number of nitrogens with zero attached hydrogens (tertiary/aromatic N) is 1. The van der Waals surface area contributed by atoms with Crippen molar-refractivity contribution in [3.63, 3.8) is 0 Å². The van der Waals surface area contributed by atoms with Crippen molar-refractivity contribution in [2.45, 2.75) is 11.8 Å². The Labute approximate surface area is 254 Å². The zero-order valence-corrected chi connectivity index (χ0v) is 24.3. The molecule has 0 unspecified atom stereocenters. The Morgan fingerprint density at radius 3 is 1.86 bits per heavy atom. The number of carbonyl (C=O) groups excluding carboxylic acids is 4. The third kappa shape index (κ3) is 4.08. The third-order valence-electron chi connectivity index (χ3n) is 8.35. The maximum Gasteiger partial charge on any atom is 0.340 e. The van der Waals surface area contributed by atoms with Crippen LogP contribution in [0.5, 0.6) is 0 Å². The van der Waals surface area contributed by atoms with Gasteiger partial charge in [0.2, 0.25) is 11.8 Å². The number of hydrogen-bond donors (Lipinski definition) is 1. The molecule has 2 atom stereocenters. The summed E-state index contributed by atoms with van der Waals surface area (Å²) in [5.41, 5.74) is 4.89. The summed E-state index contributed by atoms with van der Waals surface area (Å²) >= 11 is 9.38. The fourth-order valence-corrected chi connectivity index (χ4v) is 7.16. The van der Waals surface area contributed by atoms with Crippen molar-refractivity contribution in [2.24, 2.45) is 11.8 Å². The van der Waals surface area contributed by atoms with Crippen molar-refractivity contribution < 1.29 is 23.9 Å². The lowest BCUT2D eigenvalue weighted by Gasteiger charge is -2.45. The van der Waals surface area contributed by atoms with Crippen LogP contribution in [0.2, 0.25) is 5.02 Å². The minimum Gasteiger partial charge on any atom is -0.452 e. The Morgan fingerprint density at radius 1 is 0.786 bits per heavy atom. The minimum atomic E-state index is -0.820. The predicted octanol–water partition coefficient (Wildman–Crippen LogP) is 6.29. The Bertz CT molecular complexity index is 1710. The molecule has 3 amide bonds. The van der Waals surface area contributed by atoms with E-state index in [4.69, 9.17) is 16.3 Å². The molecule has 1 heterocycles. The van der Waals surface area contributed by atoms with Crippen molar-refractivity contribution in [1.29, 1.82) is 0 Å². The van der Waals surface area contributed by atoms with E-state index in [1.54, 1.807) is 36.4 Å². The van der Waals surface area contributed by atoms with Gasteiger partial charge >= 0.3 is 5.97 Å². The zero-order chi connectivity index (χ0) is 29.1. The van der Waals surface area contributed by atoms with Crippen LogP contribution in [-0.2, 0) is 19.1 Å². The lowest BCUT2D eigenvalue weighted by molar-refractivity contribution is -0.122. The molecule has 1 aliphatic heterocycles. The van der Waals surface area contributed by atoms with E-state index in [0.717, 1.165) is 27.2 Å². The Kier molecular flexibility index (Phi) is 6.48. The highest BCUT2D eigenvalue weighted by Gasteiger charge is 2.62. The number of ether oxygens (including phenoxy) is 1. The number of esters is 1. The molecule has 0 saturated carbocycles. The van der Waals surface area contributed by atoms with E-state index in [1.165, 1.54) is 6.07 Å². The number of halogens is 2. The van der Waals surface area contributed by atoms with Gasteiger partial charge in [-0.25, -0.2) is 9.69 Å². The molecule has 1 fully saturated rings. The van der Waals surface area contributed by atoms with E-state index in [2.05, 4.69) is 21.2 Å². The van der Waals surface area contributed by atoms with Gasteiger partial charge in [0.1, 0.15) is 0 Å². The van der Waals surface area contributed by atoms with E-state index in [-0.39, 0.29) is 34.9 Å². The molecule has 4 aromatic carbocycles. The molecule has 7 nitrogen and oxygen atoms in total. The third-order valence-corrected chi connectivity index (χ3v) is 9.58. The summed E-state index contributed by atoms with van der Waals surface area (Å²) in [5, 5.41) is 3.04. The van der Waals surface area contributed by atoms with Crippen LogP contribution in [0.3, 0.4) is 0 Å². The monoisotopic (exact) mass is 640 g/mol. The van der Waals surface area contributed by atoms with Crippen LogP contribution in [0.1, 0.15) is 44.4 Å². The average molecular weight is 642 g/mol. The summed E-state index contributed by atoms with van der Waals surface area (Å²) in [6.45, 7) is -0.567. The maximum atomic E-state index is 14.1. The van der Waals surface area contributed by atoms with Crippen LogP contribution in [0.15, 0.2) is 95.5 Å².